The van der Waals surface area contributed by atoms with E-state index < -0.39 is 5.60 Å². The predicted molar refractivity (Wildman–Crippen MR) is 63.8 cm³/mol. The van der Waals surface area contributed by atoms with Gasteiger partial charge in [0.15, 0.2) is 11.4 Å². The van der Waals surface area contributed by atoms with Crippen molar-refractivity contribution in [3.05, 3.63) is 24.2 Å². The summed E-state index contributed by atoms with van der Waals surface area (Å²) in [6, 6.07) is 5.57. The Bertz CT molecular complexity index is 439. The molecular formula is C13H16N2O3. The molecule has 96 valence electrons. The summed E-state index contributed by atoms with van der Waals surface area (Å²) in [5.74, 6) is 0.221. The van der Waals surface area contributed by atoms with Crippen LogP contribution >= 0.6 is 0 Å². The molecule has 1 fully saturated rings. The molecule has 0 spiro atoms. The van der Waals surface area contributed by atoms with Crippen LogP contribution in [0.2, 0.25) is 0 Å². The molecule has 0 bridgehead atoms. The number of piperidine rings is 1. The van der Waals surface area contributed by atoms with Gasteiger partial charge in [-0.2, -0.15) is 5.26 Å². The smallest absolute Gasteiger partial charge is 0.289 e. The van der Waals surface area contributed by atoms with Crippen molar-refractivity contribution in [2.45, 2.75) is 25.4 Å². The fourth-order valence-electron chi connectivity index (χ4n) is 2.19. The lowest BCUT2D eigenvalue weighted by Gasteiger charge is -2.36. The molecule has 0 unspecified atom stereocenters. The first kappa shape index (κ1) is 12.7. The van der Waals surface area contributed by atoms with Gasteiger partial charge in [0.25, 0.3) is 5.91 Å². The van der Waals surface area contributed by atoms with Crippen LogP contribution in [0.15, 0.2) is 22.8 Å². The summed E-state index contributed by atoms with van der Waals surface area (Å²) in [6.07, 6.45) is 2.57. The molecule has 0 aromatic carbocycles. The maximum atomic E-state index is 12.0. The Morgan fingerprint density at radius 1 is 1.61 bits per heavy atom. The fraction of sp³-hybridized carbons (Fsp3) is 0.538. The van der Waals surface area contributed by atoms with Crippen LogP contribution in [0.4, 0.5) is 0 Å². The van der Waals surface area contributed by atoms with E-state index in [1.54, 1.807) is 17.0 Å². The van der Waals surface area contributed by atoms with Crippen LogP contribution in [-0.4, -0.2) is 36.1 Å². The summed E-state index contributed by atoms with van der Waals surface area (Å²) in [5, 5.41) is 9.18. The molecule has 5 heteroatoms. The number of carbonyl (C=O) groups is 1. The number of nitrogens with zero attached hydrogens (tertiary/aromatic N) is 2. The molecule has 1 aliphatic rings. The number of carbonyl (C=O) groups excluding carboxylic acids is 1. The number of furan rings is 1. The third-order valence-corrected chi connectivity index (χ3v) is 3.21. The number of nitriles is 1. The molecule has 0 radical (unpaired) electrons. The van der Waals surface area contributed by atoms with Gasteiger partial charge in [0.05, 0.1) is 12.3 Å². The second-order valence-corrected chi connectivity index (χ2v) is 4.31. The largest absolute Gasteiger partial charge is 0.459 e. The van der Waals surface area contributed by atoms with Crippen LogP contribution in [0.5, 0.6) is 0 Å². The summed E-state index contributed by atoms with van der Waals surface area (Å²) in [7, 11) is 0. The van der Waals surface area contributed by atoms with Gasteiger partial charge in [-0.15, -0.1) is 0 Å². The summed E-state index contributed by atoms with van der Waals surface area (Å²) >= 11 is 0. The Morgan fingerprint density at radius 2 is 2.33 bits per heavy atom. The number of hydrogen-bond acceptors (Lipinski definition) is 4. The van der Waals surface area contributed by atoms with E-state index in [9.17, 15) is 10.1 Å². The van der Waals surface area contributed by atoms with Crippen molar-refractivity contribution in [3.63, 3.8) is 0 Å². The number of ether oxygens (including phenoxy) is 1. The lowest BCUT2D eigenvalue weighted by molar-refractivity contribution is -0.0347. The second kappa shape index (κ2) is 5.23. The van der Waals surface area contributed by atoms with Gasteiger partial charge in [-0.3, -0.25) is 4.79 Å². The molecule has 1 saturated heterocycles. The van der Waals surface area contributed by atoms with E-state index in [2.05, 4.69) is 6.07 Å². The molecule has 18 heavy (non-hydrogen) atoms. The van der Waals surface area contributed by atoms with E-state index in [-0.39, 0.29) is 5.91 Å². The third kappa shape index (κ3) is 2.39. The van der Waals surface area contributed by atoms with Gasteiger partial charge < -0.3 is 14.1 Å². The average molecular weight is 248 g/mol. The first-order chi connectivity index (χ1) is 8.71. The van der Waals surface area contributed by atoms with Crippen molar-refractivity contribution in [1.29, 1.82) is 5.26 Å². The molecule has 2 rings (SSSR count). The molecule has 0 saturated carbocycles. The summed E-state index contributed by atoms with van der Waals surface area (Å²) < 4.78 is 10.6. The quantitative estimate of drug-likeness (QED) is 0.818. The summed E-state index contributed by atoms with van der Waals surface area (Å²) in [6.45, 7) is 3.43. The maximum Gasteiger partial charge on any atom is 0.289 e. The standard InChI is InChI=1S/C13H16N2O3/c1-2-18-13(10-14)5-7-15(8-6-13)12(16)11-4-3-9-17-11/h3-4,9H,2,5-8H2,1H3. The van der Waals surface area contributed by atoms with Gasteiger partial charge >= 0.3 is 0 Å². The fourth-order valence-corrected chi connectivity index (χ4v) is 2.19. The van der Waals surface area contributed by atoms with Crippen LogP contribution in [0.1, 0.15) is 30.3 Å². The van der Waals surface area contributed by atoms with Gasteiger partial charge in [-0.05, 0) is 19.1 Å². The zero-order chi connectivity index (χ0) is 13.0. The van der Waals surface area contributed by atoms with Crippen molar-refractivity contribution in [2.75, 3.05) is 19.7 Å². The molecule has 1 amide bonds. The predicted octanol–water partition coefficient (Wildman–Crippen LogP) is 1.81. The highest BCUT2D eigenvalue weighted by molar-refractivity contribution is 5.91. The Kier molecular flexibility index (Phi) is 3.68. The van der Waals surface area contributed by atoms with Crippen LogP contribution in [0.25, 0.3) is 0 Å². The van der Waals surface area contributed by atoms with Gasteiger partial charge in [-0.1, -0.05) is 0 Å². The van der Waals surface area contributed by atoms with Gasteiger partial charge in [0, 0.05) is 32.5 Å². The molecule has 2 heterocycles. The Morgan fingerprint density at radius 3 is 2.83 bits per heavy atom. The lowest BCUT2D eigenvalue weighted by atomic mass is 9.92. The minimum atomic E-state index is -0.727. The van der Waals surface area contributed by atoms with Crippen LogP contribution in [0.3, 0.4) is 0 Å². The zero-order valence-electron chi connectivity index (χ0n) is 10.4. The Balaban J connectivity index is 1.98. The number of likely N-dealkylation sites (tertiary alicyclic amines) is 1. The minimum absolute atomic E-state index is 0.122. The molecule has 0 atom stereocenters. The first-order valence-corrected chi connectivity index (χ1v) is 6.09. The van der Waals surface area contributed by atoms with E-state index in [1.165, 1.54) is 6.26 Å². The first-order valence-electron chi connectivity index (χ1n) is 6.09. The third-order valence-electron chi connectivity index (χ3n) is 3.21. The highest BCUT2D eigenvalue weighted by atomic mass is 16.5. The number of rotatable bonds is 3. The van der Waals surface area contributed by atoms with Crippen LogP contribution in [-0.2, 0) is 4.74 Å². The van der Waals surface area contributed by atoms with Crippen molar-refractivity contribution < 1.29 is 13.9 Å². The van der Waals surface area contributed by atoms with E-state index in [0.29, 0.717) is 38.3 Å². The number of amides is 1. The van der Waals surface area contributed by atoms with Gasteiger partial charge in [0.1, 0.15) is 0 Å². The van der Waals surface area contributed by atoms with Crippen LogP contribution < -0.4 is 0 Å². The Hall–Kier alpha value is -1.80. The molecule has 0 aliphatic carbocycles. The van der Waals surface area contributed by atoms with Gasteiger partial charge in [0.2, 0.25) is 0 Å². The van der Waals surface area contributed by atoms with Crippen molar-refractivity contribution in [1.82, 2.24) is 4.90 Å². The normalized spacial score (nSPS) is 18.3. The van der Waals surface area contributed by atoms with Crippen molar-refractivity contribution in [3.8, 4) is 6.07 Å². The lowest BCUT2D eigenvalue weighted by Crippen LogP contribution is -2.47. The molecule has 1 aromatic rings. The monoisotopic (exact) mass is 248 g/mol. The molecule has 5 nitrogen and oxygen atoms in total. The minimum Gasteiger partial charge on any atom is -0.459 e. The Labute approximate surface area is 106 Å². The van der Waals surface area contributed by atoms with Crippen molar-refractivity contribution >= 4 is 5.91 Å². The maximum absolute atomic E-state index is 12.0. The molecular weight excluding hydrogens is 232 g/mol. The van der Waals surface area contributed by atoms with E-state index in [0.717, 1.165) is 0 Å². The SMILES string of the molecule is CCOC1(C#N)CCN(C(=O)c2ccco2)CC1. The van der Waals surface area contributed by atoms with Crippen LogP contribution in [0, 0.1) is 11.3 Å². The summed E-state index contributed by atoms with van der Waals surface area (Å²) in [5.41, 5.74) is -0.727. The van der Waals surface area contributed by atoms with Crippen molar-refractivity contribution in [2.24, 2.45) is 0 Å². The van der Waals surface area contributed by atoms with E-state index in [4.69, 9.17) is 9.15 Å². The zero-order valence-corrected chi connectivity index (χ0v) is 10.4. The average Bonchev–Trinajstić information content (AvgIpc) is 2.93. The topological polar surface area (TPSA) is 66.5 Å². The summed E-state index contributed by atoms with van der Waals surface area (Å²) in [4.78, 5) is 13.7. The van der Waals surface area contributed by atoms with E-state index in [1.807, 2.05) is 6.92 Å². The molecule has 1 aromatic heterocycles. The van der Waals surface area contributed by atoms with E-state index >= 15 is 0 Å². The highest BCUT2D eigenvalue weighted by Crippen LogP contribution is 2.26. The highest BCUT2D eigenvalue weighted by Gasteiger charge is 2.37. The van der Waals surface area contributed by atoms with Gasteiger partial charge in [-0.25, -0.2) is 0 Å². The second-order valence-electron chi connectivity index (χ2n) is 4.31. The molecule has 0 N–H and O–H groups in total. The molecule has 1 aliphatic heterocycles. The number of hydrogen-bond donors (Lipinski definition) is 0.